The first-order valence-corrected chi connectivity index (χ1v) is 8.16. The lowest BCUT2D eigenvalue weighted by Gasteiger charge is -2.33. The molecule has 2 fully saturated rings. The molecular formula is C13H24N4O2S. The predicted octanol–water partition coefficient (Wildman–Crippen LogP) is 0.599. The number of likely N-dealkylation sites (tertiary alicyclic amines) is 1. The van der Waals surface area contributed by atoms with Crippen molar-refractivity contribution < 1.29 is 10.0 Å². The summed E-state index contributed by atoms with van der Waals surface area (Å²) >= 11 is 1.77. The van der Waals surface area contributed by atoms with Crippen molar-refractivity contribution in [3.05, 3.63) is 0 Å². The largest absolute Gasteiger partial charge is 0.409 e. The van der Waals surface area contributed by atoms with Crippen LogP contribution in [0, 0.1) is 0 Å². The minimum absolute atomic E-state index is 0.190. The van der Waals surface area contributed by atoms with Crippen LogP contribution in [-0.4, -0.2) is 58.0 Å². The molecule has 0 aliphatic carbocycles. The van der Waals surface area contributed by atoms with Crippen molar-refractivity contribution in [3.63, 3.8) is 0 Å². The Hall–Kier alpha value is -0.950. The van der Waals surface area contributed by atoms with E-state index in [0.29, 0.717) is 6.54 Å². The van der Waals surface area contributed by atoms with Gasteiger partial charge in [0.25, 0.3) is 0 Å². The molecule has 20 heavy (non-hydrogen) atoms. The van der Waals surface area contributed by atoms with Gasteiger partial charge in [-0.05, 0) is 38.4 Å². The number of hydrogen-bond donors (Lipinski definition) is 3. The summed E-state index contributed by atoms with van der Waals surface area (Å²) in [4.78, 5) is 14.5. The molecule has 7 heteroatoms. The monoisotopic (exact) mass is 300 g/mol. The van der Waals surface area contributed by atoms with E-state index in [2.05, 4.69) is 15.4 Å². The second-order valence-electron chi connectivity index (χ2n) is 5.80. The zero-order valence-corrected chi connectivity index (χ0v) is 12.8. The van der Waals surface area contributed by atoms with Crippen molar-refractivity contribution in [2.75, 3.05) is 25.4 Å². The minimum atomic E-state index is -0.231. The predicted molar refractivity (Wildman–Crippen MR) is 81.1 cm³/mol. The third-order valence-corrected chi connectivity index (χ3v) is 5.66. The lowest BCUT2D eigenvalue weighted by Crippen LogP contribution is -2.50. The molecule has 0 aromatic heterocycles. The van der Waals surface area contributed by atoms with Crippen molar-refractivity contribution >= 4 is 23.5 Å². The quantitative estimate of drug-likeness (QED) is 0.306. The molecule has 2 aliphatic rings. The number of amidine groups is 1. The average Bonchev–Trinajstić information content (AvgIpc) is 2.89. The van der Waals surface area contributed by atoms with Gasteiger partial charge < -0.3 is 16.3 Å². The van der Waals surface area contributed by atoms with Gasteiger partial charge in [0.2, 0.25) is 5.91 Å². The second kappa shape index (κ2) is 6.67. The molecule has 0 radical (unpaired) electrons. The van der Waals surface area contributed by atoms with E-state index < -0.39 is 0 Å². The summed E-state index contributed by atoms with van der Waals surface area (Å²) in [6.07, 6.45) is 3.95. The number of hydrogen-bond acceptors (Lipinski definition) is 5. The van der Waals surface area contributed by atoms with Gasteiger partial charge in [-0.2, -0.15) is 0 Å². The summed E-state index contributed by atoms with van der Waals surface area (Å²) in [6, 6.07) is 0.254. The van der Waals surface area contributed by atoms with Crippen molar-refractivity contribution in [2.24, 2.45) is 10.9 Å². The first kappa shape index (κ1) is 15.4. The van der Waals surface area contributed by atoms with E-state index in [1.165, 1.54) is 0 Å². The molecule has 4 N–H and O–H groups in total. The molecule has 0 aromatic carbocycles. The summed E-state index contributed by atoms with van der Waals surface area (Å²) in [7, 11) is 0. The molecule has 0 aromatic rings. The van der Waals surface area contributed by atoms with Crippen LogP contribution in [0.2, 0.25) is 0 Å². The highest BCUT2D eigenvalue weighted by Gasteiger charge is 2.38. The van der Waals surface area contributed by atoms with Gasteiger partial charge in [-0.25, -0.2) is 0 Å². The number of rotatable bonds is 4. The van der Waals surface area contributed by atoms with E-state index >= 15 is 0 Å². The van der Waals surface area contributed by atoms with Gasteiger partial charge in [-0.1, -0.05) is 5.16 Å². The van der Waals surface area contributed by atoms with Gasteiger partial charge in [-0.15, -0.1) is 11.8 Å². The molecule has 2 rings (SSSR count). The smallest absolute Gasteiger partial charge is 0.236 e. The molecule has 114 valence electrons. The van der Waals surface area contributed by atoms with Crippen molar-refractivity contribution in [3.8, 4) is 0 Å². The molecule has 2 heterocycles. The van der Waals surface area contributed by atoms with Crippen LogP contribution >= 0.6 is 11.8 Å². The van der Waals surface area contributed by atoms with Gasteiger partial charge in [-0.3, -0.25) is 9.69 Å². The number of oxime groups is 1. The highest BCUT2D eigenvalue weighted by Crippen LogP contribution is 2.38. The third-order valence-electron chi connectivity index (χ3n) is 4.14. The Bertz CT molecular complexity index is 375. The number of amides is 1. The Morgan fingerprint density at radius 1 is 1.55 bits per heavy atom. The normalized spacial score (nSPS) is 29.6. The summed E-state index contributed by atoms with van der Waals surface area (Å²) in [5, 5.41) is 14.7. The van der Waals surface area contributed by atoms with Crippen LogP contribution in [-0.2, 0) is 4.79 Å². The number of nitrogens with two attached hydrogens (primary N) is 1. The van der Waals surface area contributed by atoms with E-state index in [9.17, 15) is 4.79 Å². The van der Waals surface area contributed by atoms with Crippen LogP contribution < -0.4 is 11.1 Å². The molecule has 0 bridgehead atoms. The number of carbonyl (C=O) groups is 1. The Morgan fingerprint density at radius 3 is 2.80 bits per heavy atom. The Balaban J connectivity index is 1.75. The van der Waals surface area contributed by atoms with Gasteiger partial charge in [0.05, 0.1) is 11.3 Å². The highest BCUT2D eigenvalue weighted by atomic mass is 32.2. The van der Waals surface area contributed by atoms with Crippen LogP contribution in [0.25, 0.3) is 0 Å². The maximum Gasteiger partial charge on any atom is 0.236 e. The SMILES string of the molecule is CC1(C(=O)NC2CCN(CC(N)=NO)CC2)CCCS1. The van der Waals surface area contributed by atoms with Gasteiger partial charge in [0, 0.05) is 19.1 Å². The molecule has 1 amide bonds. The van der Waals surface area contributed by atoms with E-state index in [1.54, 1.807) is 11.8 Å². The maximum atomic E-state index is 12.3. The summed E-state index contributed by atoms with van der Waals surface area (Å²) in [5.74, 6) is 1.51. The zero-order chi connectivity index (χ0) is 14.6. The molecule has 6 nitrogen and oxygen atoms in total. The number of piperidine rings is 1. The Labute approximate surface area is 124 Å². The summed E-state index contributed by atoms with van der Waals surface area (Å²) in [6.45, 7) is 4.27. The van der Waals surface area contributed by atoms with Gasteiger partial charge >= 0.3 is 0 Å². The van der Waals surface area contributed by atoms with Gasteiger partial charge in [0.1, 0.15) is 0 Å². The summed E-state index contributed by atoms with van der Waals surface area (Å²) < 4.78 is -0.231. The third kappa shape index (κ3) is 3.79. The molecule has 1 unspecified atom stereocenters. The first-order valence-electron chi connectivity index (χ1n) is 7.17. The second-order valence-corrected chi connectivity index (χ2v) is 7.40. The fraction of sp³-hybridized carbons (Fsp3) is 0.846. The van der Waals surface area contributed by atoms with E-state index in [0.717, 1.165) is 44.5 Å². The minimum Gasteiger partial charge on any atom is -0.409 e. The van der Waals surface area contributed by atoms with Crippen LogP contribution in [0.1, 0.15) is 32.6 Å². The van der Waals surface area contributed by atoms with Crippen LogP contribution in [0.15, 0.2) is 5.16 Å². The Morgan fingerprint density at radius 2 is 2.25 bits per heavy atom. The number of nitrogens with one attached hydrogen (secondary N) is 1. The van der Waals surface area contributed by atoms with E-state index in [1.807, 2.05) is 6.92 Å². The molecule has 2 aliphatic heterocycles. The Kier molecular flexibility index (Phi) is 5.15. The van der Waals surface area contributed by atoms with Crippen molar-refractivity contribution in [1.82, 2.24) is 10.2 Å². The fourth-order valence-corrected chi connectivity index (χ4v) is 4.01. The lowest BCUT2D eigenvalue weighted by molar-refractivity contribution is -0.124. The molecule has 2 saturated heterocycles. The number of thioether (sulfide) groups is 1. The standard InChI is InChI=1S/C13H24N4O2S/c1-13(5-2-8-20-13)12(18)15-10-3-6-17(7-4-10)9-11(14)16-19/h10,19H,2-9H2,1H3,(H2,14,16)(H,15,18). The fourth-order valence-electron chi connectivity index (χ4n) is 2.79. The number of carbonyl (C=O) groups excluding carboxylic acids is 1. The van der Waals surface area contributed by atoms with Crippen molar-refractivity contribution in [2.45, 2.75) is 43.4 Å². The van der Waals surface area contributed by atoms with Gasteiger partial charge in [0.15, 0.2) is 5.84 Å². The molecule has 0 saturated carbocycles. The zero-order valence-electron chi connectivity index (χ0n) is 12.0. The van der Waals surface area contributed by atoms with E-state index in [-0.39, 0.29) is 22.5 Å². The van der Waals surface area contributed by atoms with Crippen LogP contribution in [0.3, 0.4) is 0 Å². The summed E-state index contributed by atoms with van der Waals surface area (Å²) in [5.41, 5.74) is 5.51. The van der Waals surface area contributed by atoms with Crippen molar-refractivity contribution in [1.29, 1.82) is 0 Å². The molecular weight excluding hydrogens is 276 g/mol. The highest BCUT2D eigenvalue weighted by molar-refractivity contribution is 8.01. The maximum absolute atomic E-state index is 12.3. The topological polar surface area (TPSA) is 91.0 Å². The van der Waals surface area contributed by atoms with Crippen LogP contribution in [0.5, 0.6) is 0 Å². The first-order chi connectivity index (χ1) is 9.53. The lowest BCUT2D eigenvalue weighted by atomic mass is 10.0. The number of nitrogens with zero attached hydrogens (tertiary/aromatic N) is 2. The van der Waals surface area contributed by atoms with Crippen LogP contribution in [0.4, 0.5) is 0 Å². The van der Waals surface area contributed by atoms with E-state index in [4.69, 9.17) is 10.9 Å². The molecule has 0 spiro atoms. The average molecular weight is 300 g/mol. The molecule has 1 atom stereocenters.